The average molecular weight is 290 g/mol. The van der Waals surface area contributed by atoms with Crippen LogP contribution in [-0.2, 0) is 4.74 Å². The van der Waals surface area contributed by atoms with Crippen molar-refractivity contribution in [3.63, 3.8) is 0 Å². The van der Waals surface area contributed by atoms with Crippen LogP contribution in [0.2, 0.25) is 0 Å². The SMILES string of the molecule is CCCC1CC(Nc2ccc3nc(C)sc3c2)CCO1. The highest BCUT2D eigenvalue weighted by atomic mass is 32.1. The standard InChI is InChI=1S/C16H22N2OS/c1-3-4-14-9-13(7-8-19-14)18-12-5-6-15-16(10-12)20-11(2)17-15/h5-6,10,13-14,18H,3-4,7-9H2,1-2H3. The van der Waals surface area contributed by atoms with Crippen LogP contribution in [0.25, 0.3) is 10.2 Å². The molecule has 2 atom stereocenters. The molecular formula is C16H22N2OS. The molecule has 1 aromatic carbocycles. The summed E-state index contributed by atoms with van der Waals surface area (Å²) in [7, 11) is 0. The minimum absolute atomic E-state index is 0.431. The van der Waals surface area contributed by atoms with E-state index in [0.717, 1.165) is 30.0 Å². The molecule has 3 rings (SSSR count). The second kappa shape index (κ2) is 6.10. The second-order valence-electron chi connectivity index (χ2n) is 5.56. The first-order chi connectivity index (χ1) is 9.74. The Balaban J connectivity index is 1.68. The third-order valence-corrected chi connectivity index (χ3v) is 4.78. The molecule has 2 heterocycles. The van der Waals surface area contributed by atoms with Crippen molar-refractivity contribution in [1.82, 2.24) is 4.98 Å². The zero-order valence-corrected chi connectivity index (χ0v) is 13.0. The van der Waals surface area contributed by atoms with E-state index in [4.69, 9.17) is 4.74 Å². The molecule has 1 aliphatic rings. The van der Waals surface area contributed by atoms with Gasteiger partial charge in [-0.2, -0.15) is 0 Å². The van der Waals surface area contributed by atoms with Gasteiger partial charge in [0.25, 0.3) is 0 Å². The molecule has 4 heteroatoms. The van der Waals surface area contributed by atoms with Crippen LogP contribution in [0.3, 0.4) is 0 Å². The molecule has 0 spiro atoms. The van der Waals surface area contributed by atoms with Gasteiger partial charge in [0.1, 0.15) is 0 Å². The Morgan fingerprint density at radius 1 is 1.45 bits per heavy atom. The normalized spacial score (nSPS) is 23.1. The molecule has 0 amide bonds. The maximum absolute atomic E-state index is 5.81. The first-order valence-corrected chi connectivity index (χ1v) is 8.31. The Labute approximate surface area is 124 Å². The molecule has 3 nitrogen and oxygen atoms in total. The van der Waals surface area contributed by atoms with Gasteiger partial charge in [0.2, 0.25) is 0 Å². The van der Waals surface area contributed by atoms with Crippen LogP contribution in [0.15, 0.2) is 18.2 Å². The number of rotatable bonds is 4. The molecule has 0 saturated carbocycles. The summed E-state index contributed by atoms with van der Waals surface area (Å²) in [6.07, 6.45) is 5.02. The number of nitrogens with zero attached hydrogens (tertiary/aromatic N) is 1. The maximum atomic E-state index is 5.81. The van der Waals surface area contributed by atoms with Crippen molar-refractivity contribution in [3.05, 3.63) is 23.2 Å². The van der Waals surface area contributed by atoms with E-state index in [1.807, 2.05) is 0 Å². The van der Waals surface area contributed by atoms with E-state index in [1.54, 1.807) is 11.3 Å². The number of aromatic nitrogens is 1. The number of ether oxygens (including phenoxy) is 1. The molecule has 1 aromatic heterocycles. The van der Waals surface area contributed by atoms with Gasteiger partial charge in [-0.05, 0) is 44.4 Å². The Morgan fingerprint density at radius 2 is 2.35 bits per heavy atom. The van der Waals surface area contributed by atoms with Gasteiger partial charge in [-0.1, -0.05) is 13.3 Å². The Kier molecular flexibility index (Phi) is 4.22. The number of aryl methyl sites for hydroxylation is 1. The molecule has 108 valence electrons. The molecule has 1 N–H and O–H groups in total. The fourth-order valence-electron chi connectivity index (χ4n) is 2.90. The largest absolute Gasteiger partial charge is 0.382 e. The second-order valence-corrected chi connectivity index (χ2v) is 6.80. The number of anilines is 1. The lowest BCUT2D eigenvalue weighted by Crippen LogP contribution is -2.33. The number of hydrogen-bond acceptors (Lipinski definition) is 4. The van der Waals surface area contributed by atoms with Crippen LogP contribution in [0.5, 0.6) is 0 Å². The van der Waals surface area contributed by atoms with Crippen LogP contribution in [-0.4, -0.2) is 23.7 Å². The van der Waals surface area contributed by atoms with Crippen LogP contribution in [0.4, 0.5) is 5.69 Å². The Morgan fingerprint density at radius 3 is 3.20 bits per heavy atom. The van der Waals surface area contributed by atoms with E-state index in [1.165, 1.54) is 23.2 Å². The monoisotopic (exact) mass is 290 g/mol. The van der Waals surface area contributed by atoms with Gasteiger partial charge < -0.3 is 10.1 Å². The van der Waals surface area contributed by atoms with Crippen molar-refractivity contribution in [3.8, 4) is 0 Å². The highest BCUT2D eigenvalue weighted by molar-refractivity contribution is 7.18. The third-order valence-electron chi connectivity index (χ3n) is 3.84. The number of hydrogen-bond donors (Lipinski definition) is 1. The maximum Gasteiger partial charge on any atom is 0.0907 e. The molecule has 1 saturated heterocycles. The van der Waals surface area contributed by atoms with Crippen molar-refractivity contribution in [1.29, 1.82) is 0 Å². The number of benzene rings is 1. The Bertz CT molecular complexity index is 579. The van der Waals surface area contributed by atoms with Gasteiger partial charge in [0.05, 0.1) is 21.3 Å². The summed E-state index contributed by atoms with van der Waals surface area (Å²) >= 11 is 1.76. The van der Waals surface area contributed by atoms with Crippen molar-refractivity contribution >= 4 is 27.2 Å². The minimum atomic E-state index is 0.431. The summed E-state index contributed by atoms with van der Waals surface area (Å²) in [5, 5.41) is 4.80. The molecule has 2 unspecified atom stereocenters. The molecule has 1 fully saturated rings. The van der Waals surface area contributed by atoms with E-state index in [-0.39, 0.29) is 0 Å². The lowest BCUT2D eigenvalue weighted by molar-refractivity contribution is 0.00598. The van der Waals surface area contributed by atoms with E-state index in [0.29, 0.717) is 12.1 Å². The number of thiazole rings is 1. The molecule has 0 aliphatic carbocycles. The van der Waals surface area contributed by atoms with Gasteiger partial charge >= 0.3 is 0 Å². The van der Waals surface area contributed by atoms with Crippen molar-refractivity contribution in [2.24, 2.45) is 0 Å². The quantitative estimate of drug-likeness (QED) is 0.908. The van der Waals surface area contributed by atoms with Crippen molar-refractivity contribution in [2.75, 3.05) is 11.9 Å². The van der Waals surface area contributed by atoms with Crippen LogP contribution in [0, 0.1) is 6.92 Å². The molecule has 1 aliphatic heterocycles. The lowest BCUT2D eigenvalue weighted by Gasteiger charge is -2.30. The average Bonchev–Trinajstić information content (AvgIpc) is 2.79. The predicted octanol–water partition coefficient (Wildman–Crippen LogP) is 4.36. The number of fused-ring (bicyclic) bond motifs is 1. The van der Waals surface area contributed by atoms with E-state index < -0.39 is 0 Å². The molecule has 2 aromatic rings. The zero-order chi connectivity index (χ0) is 13.9. The molecular weight excluding hydrogens is 268 g/mol. The highest BCUT2D eigenvalue weighted by Gasteiger charge is 2.21. The summed E-state index contributed by atoms with van der Waals surface area (Å²) in [4.78, 5) is 4.51. The minimum Gasteiger partial charge on any atom is -0.382 e. The lowest BCUT2D eigenvalue weighted by atomic mass is 10.00. The molecule has 20 heavy (non-hydrogen) atoms. The third kappa shape index (κ3) is 3.13. The van der Waals surface area contributed by atoms with Gasteiger partial charge in [-0.15, -0.1) is 11.3 Å². The van der Waals surface area contributed by atoms with Crippen LogP contribution in [0.1, 0.15) is 37.6 Å². The van der Waals surface area contributed by atoms with Crippen molar-refractivity contribution in [2.45, 2.75) is 51.7 Å². The summed E-state index contributed by atoms with van der Waals surface area (Å²) in [5.41, 5.74) is 2.32. The zero-order valence-electron chi connectivity index (χ0n) is 12.2. The first kappa shape index (κ1) is 13.8. The fraction of sp³-hybridized carbons (Fsp3) is 0.562. The van der Waals surface area contributed by atoms with Gasteiger partial charge in [-0.3, -0.25) is 0 Å². The summed E-state index contributed by atoms with van der Waals surface area (Å²) in [6.45, 7) is 5.16. The van der Waals surface area contributed by atoms with E-state index in [9.17, 15) is 0 Å². The van der Waals surface area contributed by atoms with Gasteiger partial charge in [0, 0.05) is 18.3 Å². The predicted molar refractivity (Wildman–Crippen MR) is 85.6 cm³/mol. The fourth-order valence-corrected chi connectivity index (χ4v) is 3.77. The first-order valence-electron chi connectivity index (χ1n) is 7.50. The Hall–Kier alpha value is -1.13. The van der Waals surface area contributed by atoms with Crippen LogP contribution >= 0.6 is 11.3 Å². The molecule has 0 bridgehead atoms. The van der Waals surface area contributed by atoms with E-state index >= 15 is 0 Å². The topological polar surface area (TPSA) is 34.2 Å². The summed E-state index contributed by atoms with van der Waals surface area (Å²) in [5.74, 6) is 0. The summed E-state index contributed by atoms with van der Waals surface area (Å²) < 4.78 is 7.08. The van der Waals surface area contributed by atoms with Gasteiger partial charge in [-0.25, -0.2) is 4.98 Å². The smallest absolute Gasteiger partial charge is 0.0907 e. The molecule has 0 radical (unpaired) electrons. The number of nitrogens with one attached hydrogen (secondary N) is 1. The summed E-state index contributed by atoms with van der Waals surface area (Å²) in [6, 6.07) is 7.02. The van der Waals surface area contributed by atoms with Gasteiger partial charge in [0.15, 0.2) is 0 Å². The van der Waals surface area contributed by atoms with Crippen molar-refractivity contribution < 1.29 is 4.74 Å². The van der Waals surface area contributed by atoms with E-state index in [2.05, 4.69) is 42.3 Å². The highest BCUT2D eigenvalue weighted by Crippen LogP contribution is 2.27. The van der Waals surface area contributed by atoms with Crippen LogP contribution < -0.4 is 5.32 Å².